The van der Waals surface area contributed by atoms with Gasteiger partial charge in [-0.15, -0.1) is 0 Å². The molecular formula is C28H32N4O3. The maximum atomic E-state index is 12.4. The van der Waals surface area contributed by atoms with Crippen molar-refractivity contribution < 1.29 is 13.9 Å². The van der Waals surface area contributed by atoms with Crippen LogP contribution in [0.2, 0.25) is 0 Å². The average molecular weight is 473 g/mol. The number of hydrogen-bond donors (Lipinski definition) is 2. The molecule has 1 aromatic carbocycles. The Morgan fingerprint density at radius 2 is 2.06 bits per heavy atom. The molecule has 3 aliphatic carbocycles. The van der Waals surface area contributed by atoms with E-state index in [2.05, 4.69) is 50.5 Å². The predicted molar refractivity (Wildman–Crippen MR) is 136 cm³/mol. The Bertz CT molecular complexity index is 1280. The third kappa shape index (κ3) is 4.13. The van der Waals surface area contributed by atoms with E-state index in [9.17, 15) is 4.79 Å². The third-order valence-corrected chi connectivity index (χ3v) is 7.55. The Morgan fingerprint density at radius 1 is 1.20 bits per heavy atom. The molecule has 0 aliphatic heterocycles. The number of benzene rings is 1. The smallest absolute Gasteiger partial charge is 0.315 e. The summed E-state index contributed by atoms with van der Waals surface area (Å²) in [7, 11) is 0. The second kappa shape index (κ2) is 9.29. The lowest BCUT2D eigenvalue weighted by atomic mass is 9.91. The van der Waals surface area contributed by atoms with Gasteiger partial charge < -0.3 is 24.4 Å². The van der Waals surface area contributed by atoms with Crippen molar-refractivity contribution in [2.45, 2.75) is 70.0 Å². The largest absolute Gasteiger partial charge is 0.494 e. The Balaban J connectivity index is 1.38. The molecule has 0 spiro atoms. The van der Waals surface area contributed by atoms with Crippen LogP contribution in [0.5, 0.6) is 5.75 Å². The lowest BCUT2D eigenvalue weighted by Gasteiger charge is -2.31. The molecule has 3 aliphatic rings. The zero-order chi connectivity index (χ0) is 23.8. The van der Waals surface area contributed by atoms with Crippen molar-refractivity contribution in [2.24, 2.45) is 0 Å². The molecule has 2 saturated carbocycles. The van der Waals surface area contributed by atoms with Crippen LogP contribution < -0.4 is 15.4 Å². The number of carbonyl (C=O) groups excluding carboxylic acids is 1. The highest BCUT2D eigenvalue weighted by molar-refractivity contribution is 6.03. The van der Waals surface area contributed by atoms with Crippen LogP contribution in [0.1, 0.15) is 63.6 Å². The highest BCUT2D eigenvalue weighted by Crippen LogP contribution is 2.46. The molecule has 1 atom stereocenters. The van der Waals surface area contributed by atoms with Gasteiger partial charge in [0, 0.05) is 29.1 Å². The van der Waals surface area contributed by atoms with Gasteiger partial charge in [0.1, 0.15) is 17.7 Å². The Labute approximate surface area is 205 Å². The van der Waals surface area contributed by atoms with Crippen LogP contribution in [0, 0.1) is 0 Å². The molecule has 2 N–H and O–H groups in total. The summed E-state index contributed by atoms with van der Waals surface area (Å²) in [6.07, 6.45) is 17.4. The maximum Gasteiger partial charge on any atom is 0.315 e. The molecule has 182 valence electrons. The summed E-state index contributed by atoms with van der Waals surface area (Å²) in [4.78, 5) is 16.9. The number of rotatable bonds is 7. The lowest BCUT2D eigenvalue weighted by Crippen LogP contribution is -2.48. The van der Waals surface area contributed by atoms with Gasteiger partial charge in [-0.1, -0.05) is 18.2 Å². The van der Waals surface area contributed by atoms with Crippen molar-refractivity contribution in [3.8, 4) is 17.0 Å². The molecule has 0 radical (unpaired) electrons. The molecule has 0 bridgehead atoms. The monoisotopic (exact) mass is 472 g/mol. The van der Waals surface area contributed by atoms with Gasteiger partial charge in [0.25, 0.3) is 0 Å². The predicted octanol–water partition coefficient (Wildman–Crippen LogP) is 5.98. The van der Waals surface area contributed by atoms with Gasteiger partial charge in [-0.25, -0.2) is 9.78 Å². The first kappa shape index (κ1) is 22.0. The van der Waals surface area contributed by atoms with E-state index in [1.54, 1.807) is 6.26 Å². The fourth-order valence-corrected chi connectivity index (χ4v) is 5.30. The number of nitrogens with one attached hydrogen (secondary N) is 2. The van der Waals surface area contributed by atoms with Crippen LogP contribution in [-0.2, 0) is 0 Å². The summed E-state index contributed by atoms with van der Waals surface area (Å²) >= 11 is 0. The van der Waals surface area contributed by atoms with Crippen molar-refractivity contribution >= 4 is 22.5 Å². The first-order chi connectivity index (χ1) is 17.2. The van der Waals surface area contributed by atoms with Crippen molar-refractivity contribution in [2.75, 3.05) is 6.61 Å². The van der Waals surface area contributed by atoms with E-state index in [0.717, 1.165) is 60.1 Å². The molecule has 2 amide bonds. The van der Waals surface area contributed by atoms with Crippen LogP contribution >= 0.6 is 0 Å². The standard InChI is InChI=1S/C28H32N4O3/c1-2-35-22-13-14-23-25(15-22)32(21-7-4-8-21)27(26(23)24-16-34-17-29-24)18-9-11-20(12-10-18)31-28(33)30-19-5-3-6-19/h9-11,13-17,19-21H,2-8,12H2,1H3,(H2,30,31,33). The van der Waals surface area contributed by atoms with E-state index in [0.29, 0.717) is 18.7 Å². The van der Waals surface area contributed by atoms with Crippen molar-refractivity contribution in [3.05, 3.63) is 54.8 Å². The van der Waals surface area contributed by atoms with E-state index in [1.807, 2.05) is 13.0 Å². The molecule has 7 heteroatoms. The van der Waals surface area contributed by atoms with Gasteiger partial charge in [-0.2, -0.15) is 0 Å². The zero-order valence-electron chi connectivity index (χ0n) is 20.1. The number of oxazole rings is 1. The number of ether oxygens (including phenoxy) is 1. The molecule has 2 fully saturated rings. The summed E-state index contributed by atoms with van der Waals surface area (Å²) in [5, 5.41) is 7.33. The van der Waals surface area contributed by atoms with Gasteiger partial charge in [-0.3, -0.25) is 0 Å². The summed E-state index contributed by atoms with van der Waals surface area (Å²) in [5.74, 6) is 0.881. The third-order valence-electron chi connectivity index (χ3n) is 7.55. The number of carbonyl (C=O) groups is 1. The minimum atomic E-state index is -0.0727. The molecule has 7 nitrogen and oxygen atoms in total. The van der Waals surface area contributed by atoms with Crippen LogP contribution in [-0.4, -0.2) is 34.3 Å². The summed E-state index contributed by atoms with van der Waals surface area (Å²) in [6.45, 7) is 2.64. The molecule has 0 saturated heterocycles. The van der Waals surface area contributed by atoms with Crippen LogP contribution in [0.4, 0.5) is 4.79 Å². The van der Waals surface area contributed by atoms with Crippen molar-refractivity contribution in [1.29, 1.82) is 0 Å². The van der Waals surface area contributed by atoms with Gasteiger partial charge in [0.15, 0.2) is 6.39 Å². The van der Waals surface area contributed by atoms with Gasteiger partial charge in [-0.05, 0) is 69.6 Å². The maximum absolute atomic E-state index is 12.4. The van der Waals surface area contributed by atoms with E-state index >= 15 is 0 Å². The first-order valence-corrected chi connectivity index (χ1v) is 12.9. The van der Waals surface area contributed by atoms with Crippen molar-refractivity contribution in [3.63, 3.8) is 0 Å². The fraction of sp³-hybridized carbons (Fsp3) is 0.429. The number of hydrogen-bond acceptors (Lipinski definition) is 4. The van der Waals surface area contributed by atoms with E-state index in [4.69, 9.17) is 9.15 Å². The Kier molecular flexibility index (Phi) is 5.84. The fourth-order valence-electron chi connectivity index (χ4n) is 5.30. The first-order valence-electron chi connectivity index (χ1n) is 12.9. The number of urea groups is 1. The number of aromatic nitrogens is 2. The Hall–Kier alpha value is -3.48. The normalized spacial score (nSPS) is 20.3. The quantitative estimate of drug-likeness (QED) is 0.443. The number of allylic oxidation sites excluding steroid dienone is 2. The topological polar surface area (TPSA) is 81.3 Å². The van der Waals surface area contributed by atoms with Crippen molar-refractivity contribution in [1.82, 2.24) is 20.2 Å². The van der Waals surface area contributed by atoms with Gasteiger partial charge >= 0.3 is 6.03 Å². The zero-order valence-corrected chi connectivity index (χ0v) is 20.1. The highest BCUT2D eigenvalue weighted by Gasteiger charge is 2.30. The summed E-state index contributed by atoms with van der Waals surface area (Å²) in [5.41, 5.74) is 5.42. The van der Waals surface area contributed by atoms with E-state index < -0.39 is 0 Å². The van der Waals surface area contributed by atoms with E-state index in [-0.39, 0.29) is 12.1 Å². The highest BCUT2D eigenvalue weighted by atomic mass is 16.5. The molecule has 6 rings (SSSR count). The SMILES string of the molecule is CCOc1ccc2c(-c3cocn3)c(C3=CCC(NC(=O)NC4CCC4)C=C3)n(C3CCC3)c2c1. The number of amides is 2. The average Bonchev–Trinajstić information content (AvgIpc) is 3.43. The van der Waals surface area contributed by atoms with Crippen LogP contribution in [0.3, 0.4) is 0 Å². The molecule has 2 aromatic heterocycles. The summed E-state index contributed by atoms with van der Waals surface area (Å²) in [6, 6.07) is 7.03. The number of nitrogens with zero attached hydrogens (tertiary/aromatic N) is 2. The Morgan fingerprint density at radius 3 is 2.69 bits per heavy atom. The van der Waals surface area contributed by atoms with E-state index in [1.165, 1.54) is 30.4 Å². The summed E-state index contributed by atoms with van der Waals surface area (Å²) < 4.78 is 13.7. The van der Waals surface area contributed by atoms with Crippen LogP contribution in [0.15, 0.2) is 53.5 Å². The van der Waals surface area contributed by atoms with Gasteiger partial charge in [0.2, 0.25) is 0 Å². The van der Waals surface area contributed by atoms with Crippen LogP contribution in [0.25, 0.3) is 27.7 Å². The minimum Gasteiger partial charge on any atom is -0.494 e. The molecule has 35 heavy (non-hydrogen) atoms. The molecule has 2 heterocycles. The number of fused-ring (bicyclic) bond motifs is 1. The lowest BCUT2D eigenvalue weighted by molar-refractivity contribution is 0.226. The molecule has 1 unspecified atom stereocenters. The second-order valence-electron chi connectivity index (χ2n) is 9.77. The second-order valence-corrected chi connectivity index (χ2v) is 9.77. The van der Waals surface area contributed by atoms with Gasteiger partial charge in [0.05, 0.1) is 23.9 Å². The minimum absolute atomic E-state index is 0.0135. The molecule has 3 aromatic rings. The molecular weight excluding hydrogens is 440 g/mol.